The van der Waals surface area contributed by atoms with E-state index in [-0.39, 0.29) is 24.0 Å². The van der Waals surface area contributed by atoms with Crippen molar-refractivity contribution in [1.82, 2.24) is 14.7 Å². The van der Waals surface area contributed by atoms with Crippen LogP contribution >= 0.6 is 0 Å². The Morgan fingerprint density at radius 3 is 2.67 bits per heavy atom. The van der Waals surface area contributed by atoms with E-state index in [2.05, 4.69) is 10.1 Å². The van der Waals surface area contributed by atoms with Gasteiger partial charge < -0.3 is 13.8 Å². The van der Waals surface area contributed by atoms with E-state index in [0.29, 0.717) is 11.4 Å². The van der Waals surface area contributed by atoms with Crippen LogP contribution in [-0.4, -0.2) is 26.5 Å². The van der Waals surface area contributed by atoms with Crippen molar-refractivity contribution in [3.8, 4) is 11.4 Å². The van der Waals surface area contributed by atoms with Crippen LogP contribution in [0.2, 0.25) is 0 Å². The van der Waals surface area contributed by atoms with Crippen molar-refractivity contribution in [2.24, 2.45) is 7.05 Å². The predicted molar refractivity (Wildman–Crippen MR) is 84.3 cm³/mol. The van der Waals surface area contributed by atoms with Crippen LogP contribution in [0.1, 0.15) is 33.7 Å². The number of carbonyl (C=O) groups is 2. The monoisotopic (exact) mass is 325 g/mol. The van der Waals surface area contributed by atoms with Crippen molar-refractivity contribution in [2.45, 2.75) is 13.5 Å². The molecule has 0 saturated heterocycles. The lowest BCUT2D eigenvalue weighted by Gasteiger charge is -2.02. The summed E-state index contributed by atoms with van der Waals surface area (Å²) in [4.78, 5) is 27.6. The van der Waals surface area contributed by atoms with Gasteiger partial charge in [-0.25, -0.2) is 4.79 Å². The van der Waals surface area contributed by atoms with E-state index in [1.54, 1.807) is 17.8 Å². The molecule has 2 heterocycles. The number of aromatic nitrogens is 3. The summed E-state index contributed by atoms with van der Waals surface area (Å²) in [6.45, 7) is 1.30. The molecule has 0 atom stereocenters. The summed E-state index contributed by atoms with van der Waals surface area (Å²) in [5.41, 5.74) is 1.55. The third-order valence-electron chi connectivity index (χ3n) is 3.45. The smallest absolute Gasteiger partial charge is 0.355 e. The average Bonchev–Trinajstić information content (AvgIpc) is 3.20. The molecule has 24 heavy (non-hydrogen) atoms. The van der Waals surface area contributed by atoms with Gasteiger partial charge in [0.15, 0.2) is 12.4 Å². The quantitative estimate of drug-likeness (QED) is 0.529. The SMILES string of the molecule is CC(=O)c1cc(C(=O)OCc2nc(-c3ccccc3)no2)n(C)c1. The molecule has 2 aromatic heterocycles. The zero-order valence-corrected chi connectivity index (χ0v) is 13.2. The van der Waals surface area contributed by atoms with Crippen LogP contribution in [0.15, 0.2) is 47.1 Å². The van der Waals surface area contributed by atoms with Crippen LogP contribution in [0.25, 0.3) is 11.4 Å². The van der Waals surface area contributed by atoms with Crippen molar-refractivity contribution in [3.05, 3.63) is 59.7 Å². The molecule has 0 unspecified atom stereocenters. The molecule has 122 valence electrons. The molecule has 0 spiro atoms. The van der Waals surface area contributed by atoms with Gasteiger partial charge in [0.25, 0.3) is 5.89 Å². The van der Waals surface area contributed by atoms with Crippen molar-refractivity contribution >= 4 is 11.8 Å². The molecule has 7 heteroatoms. The Kier molecular flexibility index (Phi) is 4.24. The zero-order valence-electron chi connectivity index (χ0n) is 13.2. The Balaban J connectivity index is 1.67. The van der Waals surface area contributed by atoms with Crippen LogP contribution in [0.3, 0.4) is 0 Å². The van der Waals surface area contributed by atoms with E-state index in [9.17, 15) is 9.59 Å². The fourth-order valence-corrected chi connectivity index (χ4v) is 2.18. The largest absolute Gasteiger partial charge is 0.451 e. The van der Waals surface area contributed by atoms with Gasteiger partial charge in [-0.05, 0) is 13.0 Å². The van der Waals surface area contributed by atoms with Gasteiger partial charge in [-0.1, -0.05) is 35.5 Å². The van der Waals surface area contributed by atoms with Gasteiger partial charge in [0, 0.05) is 24.4 Å². The standard InChI is InChI=1S/C17H15N3O4/c1-11(21)13-8-14(20(2)9-13)17(22)23-10-15-18-16(19-24-15)12-6-4-3-5-7-12/h3-9H,10H2,1-2H3. The molecular formula is C17H15N3O4. The summed E-state index contributed by atoms with van der Waals surface area (Å²) < 4.78 is 11.8. The lowest BCUT2D eigenvalue weighted by molar-refractivity contribution is 0.0418. The van der Waals surface area contributed by atoms with E-state index < -0.39 is 5.97 Å². The number of esters is 1. The molecule has 0 amide bonds. The maximum absolute atomic E-state index is 12.1. The van der Waals surface area contributed by atoms with Gasteiger partial charge in [-0.3, -0.25) is 4.79 Å². The molecular weight excluding hydrogens is 310 g/mol. The minimum absolute atomic E-state index is 0.117. The second kappa shape index (κ2) is 6.49. The molecule has 0 bridgehead atoms. The van der Waals surface area contributed by atoms with Crippen LogP contribution in [-0.2, 0) is 18.4 Å². The van der Waals surface area contributed by atoms with Gasteiger partial charge in [0.1, 0.15) is 5.69 Å². The molecule has 0 saturated carbocycles. The minimum Gasteiger partial charge on any atom is -0.451 e. The maximum Gasteiger partial charge on any atom is 0.355 e. The molecule has 3 rings (SSSR count). The molecule has 1 aromatic carbocycles. The third-order valence-corrected chi connectivity index (χ3v) is 3.45. The van der Waals surface area contributed by atoms with Gasteiger partial charge >= 0.3 is 5.97 Å². The number of Topliss-reactive ketones (excluding diaryl/α,β-unsaturated/α-hetero) is 1. The van der Waals surface area contributed by atoms with E-state index in [1.807, 2.05) is 30.3 Å². The molecule has 0 aliphatic heterocycles. The fraction of sp³-hybridized carbons (Fsp3) is 0.176. The van der Waals surface area contributed by atoms with E-state index in [0.717, 1.165) is 5.56 Å². The topological polar surface area (TPSA) is 87.2 Å². The molecule has 0 N–H and O–H groups in total. The number of aryl methyl sites for hydroxylation is 1. The number of rotatable bonds is 5. The predicted octanol–water partition coefficient (Wildman–Crippen LogP) is 2.63. The van der Waals surface area contributed by atoms with E-state index >= 15 is 0 Å². The van der Waals surface area contributed by atoms with Gasteiger partial charge in [-0.15, -0.1) is 0 Å². The molecule has 3 aromatic rings. The average molecular weight is 325 g/mol. The first-order valence-corrected chi connectivity index (χ1v) is 7.27. The maximum atomic E-state index is 12.1. The molecule has 0 fully saturated rings. The van der Waals surface area contributed by atoms with Crippen molar-refractivity contribution in [1.29, 1.82) is 0 Å². The number of benzene rings is 1. The first-order valence-electron chi connectivity index (χ1n) is 7.27. The van der Waals surface area contributed by atoms with Crippen molar-refractivity contribution in [2.75, 3.05) is 0 Å². The summed E-state index contributed by atoms with van der Waals surface area (Å²) in [6, 6.07) is 10.8. The highest BCUT2D eigenvalue weighted by atomic mass is 16.6. The highest BCUT2D eigenvalue weighted by Gasteiger charge is 2.17. The van der Waals surface area contributed by atoms with Gasteiger partial charge in [0.2, 0.25) is 5.82 Å². The Morgan fingerprint density at radius 1 is 1.25 bits per heavy atom. The summed E-state index contributed by atoms with van der Waals surface area (Å²) in [6.07, 6.45) is 1.58. The van der Waals surface area contributed by atoms with Crippen LogP contribution in [0.4, 0.5) is 0 Å². The number of ketones is 1. The molecule has 0 aliphatic carbocycles. The molecule has 0 radical (unpaired) electrons. The van der Waals surface area contributed by atoms with E-state index in [1.165, 1.54) is 13.0 Å². The molecule has 7 nitrogen and oxygen atoms in total. The van der Waals surface area contributed by atoms with E-state index in [4.69, 9.17) is 9.26 Å². The first-order chi connectivity index (χ1) is 11.5. The van der Waals surface area contributed by atoms with Crippen molar-refractivity contribution < 1.29 is 18.8 Å². The Morgan fingerprint density at radius 2 is 2.00 bits per heavy atom. The Bertz CT molecular complexity index is 880. The lowest BCUT2D eigenvalue weighted by Crippen LogP contribution is -2.09. The second-order valence-corrected chi connectivity index (χ2v) is 5.23. The van der Waals surface area contributed by atoms with Crippen molar-refractivity contribution in [3.63, 3.8) is 0 Å². The minimum atomic E-state index is -0.565. The van der Waals surface area contributed by atoms with Crippen LogP contribution in [0.5, 0.6) is 0 Å². The van der Waals surface area contributed by atoms with Crippen LogP contribution < -0.4 is 0 Å². The number of hydrogen-bond acceptors (Lipinski definition) is 6. The van der Waals surface area contributed by atoms with Crippen LogP contribution in [0, 0.1) is 0 Å². The zero-order chi connectivity index (χ0) is 17.1. The van der Waals surface area contributed by atoms with Gasteiger partial charge in [0.05, 0.1) is 0 Å². The number of nitrogens with zero attached hydrogens (tertiary/aromatic N) is 3. The highest BCUT2D eigenvalue weighted by molar-refractivity contribution is 5.97. The highest BCUT2D eigenvalue weighted by Crippen LogP contribution is 2.16. The fourth-order valence-electron chi connectivity index (χ4n) is 2.18. The number of carbonyl (C=O) groups excluding carboxylic acids is 2. The summed E-state index contributed by atoms with van der Waals surface area (Å²) in [5, 5.41) is 3.85. The number of ether oxygens (including phenoxy) is 1. The lowest BCUT2D eigenvalue weighted by atomic mass is 10.2. The molecule has 0 aliphatic rings. The summed E-state index contributed by atoms with van der Waals surface area (Å²) in [7, 11) is 1.67. The number of hydrogen-bond donors (Lipinski definition) is 0. The third kappa shape index (κ3) is 3.24. The second-order valence-electron chi connectivity index (χ2n) is 5.23. The first kappa shape index (κ1) is 15.7. The Labute approximate surface area is 137 Å². The summed E-state index contributed by atoms with van der Waals surface area (Å²) >= 11 is 0. The van der Waals surface area contributed by atoms with Gasteiger partial charge in [-0.2, -0.15) is 4.98 Å². The Hall–Kier alpha value is -3.22. The normalized spacial score (nSPS) is 10.6. The summed E-state index contributed by atoms with van der Waals surface area (Å²) in [5.74, 6) is -0.0545.